The molecule has 1 saturated heterocycles. The predicted molar refractivity (Wildman–Crippen MR) is 89.8 cm³/mol. The van der Waals surface area contributed by atoms with Crippen LogP contribution in [0.5, 0.6) is 0 Å². The van der Waals surface area contributed by atoms with Crippen LogP contribution >= 0.6 is 0 Å². The zero-order valence-corrected chi connectivity index (χ0v) is 13.0. The molecule has 1 aliphatic rings. The number of hydrogen-bond donors (Lipinski definition) is 0. The summed E-state index contributed by atoms with van der Waals surface area (Å²) >= 11 is 0. The number of hydrogen-bond acceptors (Lipinski definition) is 2. The minimum atomic E-state index is 1.07. The van der Waals surface area contributed by atoms with E-state index in [1.54, 1.807) is 0 Å². The normalized spacial score (nSPS) is 16.2. The lowest BCUT2D eigenvalue weighted by atomic mass is 10.1. The van der Waals surface area contributed by atoms with Gasteiger partial charge in [0, 0.05) is 38.4 Å². The lowest BCUT2D eigenvalue weighted by Gasteiger charge is -2.36. The van der Waals surface area contributed by atoms with Crippen molar-refractivity contribution in [3.63, 3.8) is 0 Å². The highest BCUT2D eigenvalue weighted by molar-refractivity contribution is 5.48. The van der Waals surface area contributed by atoms with Crippen molar-refractivity contribution in [2.24, 2.45) is 0 Å². The van der Waals surface area contributed by atoms with Gasteiger partial charge in [-0.3, -0.25) is 4.90 Å². The fraction of sp³-hybridized carbons (Fsp3) is 0.368. The lowest BCUT2D eigenvalue weighted by molar-refractivity contribution is 0.250. The number of piperazine rings is 1. The van der Waals surface area contributed by atoms with Gasteiger partial charge in [-0.1, -0.05) is 42.0 Å². The largest absolute Gasteiger partial charge is 0.369 e. The average molecular weight is 280 g/mol. The van der Waals surface area contributed by atoms with E-state index in [1.165, 1.54) is 22.4 Å². The number of aryl methyl sites for hydroxylation is 2. The molecule has 0 aromatic heterocycles. The summed E-state index contributed by atoms with van der Waals surface area (Å²) in [5.74, 6) is 0. The van der Waals surface area contributed by atoms with E-state index < -0.39 is 0 Å². The molecule has 2 heteroatoms. The van der Waals surface area contributed by atoms with E-state index in [2.05, 4.69) is 72.2 Å². The van der Waals surface area contributed by atoms with Gasteiger partial charge in [0.25, 0.3) is 0 Å². The molecule has 1 fully saturated rings. The standard InChI is InChI=1S/C19H24N2/c1-16-6-8-18(9-7-16)15-20-10-12-21(13-11-20)19-5-3-4-17(2)14-19/h3-9,14H,10-13,15H2,1-2H3. The lowest BCUT2D eigenvalue weighted by Crippen LogP contribution is -2.45. The molecule has 1 heterocycles. The van der Waals surface area contributed by atoms with Gasteiger partial charge < -0.3 is 4.90 Å². The zero-order valence-electron chi connectivity index (χ0n) is 13.0. The Bertz CT molecular complexity index is 581. The van der Waals surface area contributed by atoms with Crippen molar-refractivity contribution in [1.82, 2.24) is 4.90 Å². The van der Waals surface area contributed by atoms with Crippen molar-refractivity contribution in [3.8, 4) is 0 Å². The molecule has 1 aliphatic heterocycles. The molecule has 21 heavy (non-hydrogen) atoms. The molecular weight excluding hydrogens is 256 g/mol. The van der Waals surface area contributed by atoms with Crippen LogP contribution in [0.4, 0.5) is 5.69 Å². The summed E-state index contributed by atoms with van der Waals surface area (Å²) < 4.78 is 0. The molecule has 0 saturated carbocycles. The van der Waals surface area contributed by atoms with E-state index >= 15 is 0 Å². The molecule has 2 aromatic rings. The van der Waals surface area contributed by atoms with E-state index in [0.29, 0.717) is 0 Å². The molecule has 0 unspecified atom stereocenters. The van der Waals surface area contributed by atoms with Gasteiger partial charge in [-0.25, -0.2) is 0 Å². The molecule has 0 bridgehead atoms. The van der Waals surface area contributed by atoms with Gasteiger partial charge in [-0.15, -0.1) is 0 Å². The van der Waals surface area contributed by atoms with Crippen LogP contribution in [0.2, 0.25) is 0 Å². The number of benzene rings is 2. The summed E-state index contributed by atoms with van der Waals surface area (Å²) in [6.07, 6.45) is 0. The highest BCUT2D eigenvalue weighted by Gasteiger charge is 2.17. The van der Waals surface area contributed by atoms with Crippen molar-refractivity contribution < 1.29 is 0 Å². The topological polar surface area (TPSA) is 6.48 Å². The number of rotatable bonds is 3. The van der Waals surface area contributed by atoms with E-state index in [1.807, 2.05) is 0 Å². The Kier molecular flexibility index (Phi) is 4.26. The third-order valence-electron chi connectivity index (χ3n) is 4.27. The first-order chi connectivity index (χ1) is 10.2. The first-order valence-electron chi connectivity index (χ1n) is 7.80. The van der Waals surface area contributed by atoms with Crippen molar-refractivity contribution in [2.45, 2.75) is 20.4 Å². The van der Waals surface area contributed by atoms with E-state index in [0.717, 1.165) is 32.7 Å². The van der Waals surface area contributed by atoms with Gasteiger partial charge in [-0.05, 0) is 37.1 Å². The summed E-state index contributed by atoms with van der Waals surface area (Å²) in [5.41, 5.74) is 5.46. The Morgan fingerprint density at radius 1 is 0.810 bits per heavy atom. The molecule has 0 radical (unpaired) electrons. The van der Waals surface area contributed by atoms with Crippen molar-refractivity contribution in [1.29, 1.82) is 0 Å². The second-order valence-electron chi connectivity index (χ2n) is 6.09. The van der Waals surface area contributed by atoms with Gasteiger partial charge in [0.1, 0.15) is 0 Å². The molecule has 0 N–H and O–H groups in total. The van der Waals surface area contributed by atoms with Gasteiger partial charge >= 0.3 is 0 Å². The molecule has 0 aliphatic carbocycles. The van der Waals surface area contributed by atoms with Crippen LogP contribution in [0.3, 0.4) is 0 Å². The van der Waals surface area contributed by atoms with Gasteiger partial charge in [0.15, 0.2) is 0 Å². The van der Waals surface area contributed by atoms with Gasteiger partial charge in [0.2, 0.25) is 0 Å². The maximum atomic E-state index is 2.55. The molecule has 3 rings (SSSR count). The summed E-state index contributed by atoms with van der Waals surface area (Å²) in [5, 5.41) is 0. The molecule has 110 valence electrons. The molecular formula is C19H24N2. The van der Waals surface area contributed by atoms with E-state index in [-0.39, 0.29) is 0 Å². The zero-order chi connectivity index (χ0) is 14.7. The fourth-order valence-electron chi connectivity index (χ4n) is 2.94. The Labute approximate surface area is 128 Å². The second-order valence-corrected chi connectivity index (χ2v) is 6.09. The van der Waals surface area contributed by atoms with Gasteiger partial charge in [-0.2, -0.15) is 0 Å². The van der Waals surface area contributed by atoms with Gasteiger partial charge in [0.05, 0.1) is 0 Å². The first kappa shape index (κ1) is 14.2. The number of anilines is 1. The Morgan fingerprint density at radius 2 is 1.52 bits per heavy atom. The summed E-state index contributed by atoms with van der Waals surface area (Å²) in [6.45, 7) is 9.90. The second kappa shape index (κ2) is 6.31. The third kappa shape index (κ3) is 3.64. The summed E-state index contributed by atoms with van der Waals surface area (Å²) in [7, 11) is 0. The quantitative estimate of drug-likeness (QED) is 0.847. The minimum Gasteiger partial charge on any atom is -0.369 e. The first-order valence-corrected chi connectivity index (χ1v) is 7.80. The predicted octanol–water partition coefficient (Wildman–Crippen LogP) is 3.63. The van der Waals surface area contributed by atoms with Crippen molar-refractivity contribution in [3.05, 3.63) is 65.2 Å². The smallest absolute Gasteiger partial charge is 0.0369 e. The number of nitrogens with zero attached hydrogens (tertiary/aromatic N) is 2. The van der Waals surface area contributed by atoms with Crippen LogP contribution in [0.15, 0.2) is 48.5 Å². The van der Waals surface area contributed by atoms with Crippen LogP contribution in [0.25, 0.3) is 0 Å². The highest BCUT2D eigenvalue weighted by atomic mass is 15.3. The maximum absolute atomic E-state index is 2.55. The SMILES string of the molecule is Cc1ccc(CN2CCN(c3cccc(C)c3)CC2)cc1. The van der Waals surface area contributed by atoms with Crippen LogP contribution < -0.4 is 4.90 Å². The molecule has 0 amide bonds. The van der Waals surface area contributed by atoms with Crippen LogP contribution in [-0.2, 0) is 6.54 Å². The van der Waals surface area contributed by atoms with Crippen LogP contribution in [0.1, 0.15) is 16.7 Å². The molecule has 2 nitrogen and oxygen atoms in total. The summed E-state index contributed by atoms with van der Waals surface area (Å²) in [6, 6.07) is 17.7. The summed E-state index contributed by atoms with van der Waals surface area (Å²) in [4.78, 5) is 5.05. The van der Waals surface area contributed by atoms with Crippen molar-refractivity contribution >= 4 is 5.69 Å². The van der Waals surface area contributed by atoms with E-state index in [9.17, 15) is 0 Å². The average Bonchev–Trinajstić information content (AvgIpc) is 2.50. The van der Waals surface area contributed by atoms with Crippen LogP contribution in [-0.4, -0.2) is 31.1 Å². The maximum Gasteiger partial charge on any atom is 0.0369 e. The monoisotopic (exact) mass is 280 g/mol. The van der Waals surface area contributed by atoms with Crippen molar-refractivity contribution in [2.75, 3.05) is 31.1 Å². The third-order valence-corrected chi connectivity index (χ3v) is 4.27. The minimum absolute atomic E-state index is 1.07. The van der Waals surface area contributed by atoms with Crippen LogP contribution in [0, 0.1) is 13.8 Å². The Morgan fingerprint density at radius 3 is 2.19 bits per heavy atom. The molecule has 2 aromatic carbocycles. The molecule has 0 spiro atoms. The van der Waals surface area contributed by atoms with E-state index in [4.69, 9.17) is 0 Å². The Hall–Kier alpha value is -1.80. The molecule has 0 atom stereocenters. The fourth-order valence-corrected chi connectivity index (χ4v) is 2.94. The Balaban J connectivity index is 1.56. The highest BCUT2D eigenvalue weighted by Crippen LogP contribution is 2.18.